The fraction of sp³-hybridized carbons (Fsp3) is 0.188. The number of thiophene rings is 1. The molecule has 0 aliphatic carbocycles. The number of carbonyl (C=O) groups excluding carboxylic acids is 1. The number of hydrogen-bond donors (Lipinski definition) is 3. The monoisotopic (exact) mass is 431 g/mol. The molecule has 0 saturated carbocycles. The van der Waals surface area contributed by atoms with Crippen molar-refractivity contribution in [2.24, 2.45) is 5.10 Å². The van der Waals surface area contributed by atoms with Crippen molar-refractivity contribution in [3.05, 3.63) is 39.2 Å². The van der Waals surface area contributed by atoms with Crippen molar-refractivity contribution >= 4 is 63.5 Å². The van der Waals surface area contributed by atoms with Crippen LogP contribution in [0, 0.1) is 0 Å². The Hall–Kier alpha value is -1.87. The lowest BCUT2D eigenvalue weighted by Gasteiger charge is -2.07. The van der Waals surface area contributed by atoms with E-state index in [0.717, 1.165) is 5.56 Å². The Kier molecular flexibility index (Phi) is 7.22. The van der Waals surface area contributed by atoms with Gasteiger partial charge in [-0.3, -0.25) is 10.2 Å². The number of carbonyl (C=O) groups is 1. The second-order valence-corrected chi connectivity index (χ2v) is 7.13. The Bertz CT molecular complexity index is 868. The lowest BCUT2D eigenvalue weighted by molar-refractivity contribution is -0.139. The smallest absolute Gasteiger partial charge is 0.325 e. The molecule has 0 amide bonds. The van der Waals surface area contributed by atoms with Gasteiger partial charge in [0, 0.05) is 5.38 Å². The molecule has 0 spiro atoms. The second kappa shape index (κ2) is 9.18. The highest BCUT2D eigenvalue weighted by Gasteiger charge is 2.15. The third-order valence-electron chi connectivity index (χ3n) is 3.28. The molecule has 0 radical (unpaired) electrons. The van der Waals surface area contributed by atoms with Crippen LogP contribution >= 0.6 is 46.8 Å². The summed E-state index contributed by atoms with van der Waals surface area (Å²) < 4.78 is 4.50. The van der Waals surface area contributed by atoms with Crippen molar-refractivity contribution in [2.45, 2.75) is 6.92 Å². The molecule has 3 N–H and O–H groups in total. The number of thiocarbonyl (C=S) groups is 1. The van der Waals surface area contributed by atoms with Crippen LogP contribution in [0.25, 0.3) is 10.4 Å². The Morgan fingerprint density at radius 3 is 2.77 bits per heavy atom. The van der Waals surface area contributed by atoms with E-state index in [0.29, 0.717) is 26.2 Å². The molecule has 0 aliphatic heterocycles. The maximum absolute atomic E-state index is 11.0. The van der Waals surface area contributed by atoms with Gasteiger partial charge in [0.25, 0.3) is 0 Å². The molecule has 2 aromatic rings. The minimum absolute atomic E-state index is 0.0674. The molecule has 0 atom stereocenters. The van der Waals surface area contributed by atoms with Gasteiger partial charge in [0.2, 0.25) is 0 Å². The molecule has 1 heterocycles. The summed E-state index contributed by atoms with van der Waals surface area (Å²) in [5, 5.41) is 20.1. The van der Waals surface area contributed by atoms with Crippen LogP contribution < -0.4 is 10.7 Å². The van der Waals surface area contributed by atoms with Gasteiger partial charge in [0.15, 0.2) is 5.11 Å². The fourth-order valence-electron chi connectivity index (χ4n) is 1.91. The summed E-state index contributed by atoms with van der Waals surface area (Å²) in [7, 11) is 1.29. The van der Waals surface area contributed by atoms with E-state index < -0.39 is 5.97 Å². The van der Waals surface area contributed by atoms with Crippen molar-refractivity contribution in [1.82, 2.24) is 10.7 Å². The summed E-state index contributed by atoms with van der Waals surface area (Å²) in [6.07, 6.45) is 0. The van der Waals surface area contributed by atoms with Gasteiger partial charge in [0.1, 0.15) is 12.3 Å². The third-order valence-corrected chi connectivity index (χ3v) is 5.28. The number of aromatic hydroxyl groups is 1. The van der Waals surface area contributed by atoms with Crippen LogP contribution in [-0.2, 0) is 9.53 Å². The van der Waals surface area contributed by atoms with E-state index in [1.165, 1.54) is 18.4 Å². The first-order valence-electron chi connectivity index (χ1n) is 7.24. The number of hydrogen-bond acceptors (Lipinski definition) is 6. The highest BCUT2D eigenvalue weighted by Crippen LogP contribution is 2.40. The van der Waals surface area contributed by atoms with Crippen molar-refractivity contribution in [1.29, 1.82) is 0 Å². The summed E-state index contributed by atoms with van der Waals surface area (Å²) >= 11 is 18.3. The number of benzene rings is 1. The average molecular weight is 432 g/mol. The Morgan fingerprint density at radius 1 is 1.38 bits per heavy atom. The van der Waals surface area contributed by atoms with E-state index in [1.807, 2.05) is 0 Å². The molecule has 26 heavy (non-hydrogen) atoms. The Labute approximate surface area is 169 Å². The molecule has 138 valence electrons. The van der Waals surface area contributed by atoms with Crippen LogP contribution in [0.15, 0.2) is 28.7 Å². The van der Waals surface area contributed by atoms with Gasteiger partial charge in [-0.2, -0.15) is 5.10 Å². The number of nitrogens with zero attached hydrogens (tertiary/aromatic N) is 1. The van der Waals surface area contributed by atoms with Gasteiger partial charge in [0.05, 0.1) is 33.3 Å². The molecular formula is C16H15Cl2N3O3S2. The van der Waals surface area contributed by atoms with Crippen LogP contribution in [0.1, 0.15) is 12.5 Å². The number of esters is 1. The fourth-order valence-corrected chi connectivity index (χ4v) is 3.33. The van der Waals surface area contributed by atoms with Crippen molar-refractivity contribution in [2.75, 3.05) is 13.7 Å². The van der Waals surface area contributed by atoms with Crippen LogP contribution in [0.3, 0.4) is 0 Å². The van der Waals surface area contributed by atoms with Crippen molar-refractivity contribution in [3.63, 3.8) is 0 Å². The Morgan fingerprint density at radius 2 is 2.12 bits per heavy atom. The lowest BCUT2D eigenvalue weighted by atomic mass is 10.1. The molecule has 6 nitrogen and oxygen atoms in total. The predicted octanol–water partition coefficient (Wildman–Crippen LogP) is 3.79. The number of hydrazone groups is 1. The zero-order valence-electron chi connectivity index (χ0n) is 13.8. The molecular weight excluding hydrogens is 417 g/mol. The van der Waals surface area contributed by atoms with E-state index in [4.69, 9.17) is 35.4 Å². The highest BCUT2D eigenvalue weighted by molar-refractivity contribution is 7.80. The zero-order chi connectivity index (χ0) is 19.3. The van der Waals surface area contributed by atoms with Gasteiger partial charge in [-0.15, -0.1) is 11.3 Å². The van der Waals surface area contributed by atoms with E-state index in [2.05, 4.69) is 20.6 Å². The van der Waals surface area contributed by atoms with Crippen LogP contribution in [-0.4, -0.2) is 35.6 Å². The number of ether oxygens (including phenoxy) is 1. The maximum atomic E-state index is 11.0. The van der Waals surface area contributed by atoms with Crippen molar-refractivity contribution < 1.29 is 14.6 Å². The first-order valence-corrected chi connectivity index (χ1v) is 9.29. The average Bonchev–Trinajstić information content (AvgIpc) is 3.01. The largest absolute Gasteiger partial charge is 0.506 e. The summed E-state index contributed by atoms with van der Waals surface area (Å²) in [4.78, 5) is 11.7. The van der Waals surface area contributed by atoms with E-state index in [9.17, 15) is 9.90 Å². The number of methoxy groups -OCH3 is 1. The van der Waals surface area contributed by atoms with Crippen LogP contribution in [0.4, 0.5) is 0 Å². The molecule has 0 unspecified atom stereocenters. The first-order chi connectivity index (χ1) is 12.3. The van der Waals surface area contributed by atoms with Gasteiger partial charge >= 0.3 is 5.97 Å². The van der Waals surface area contributed by atoms with Gasteiger partial charge < -0.3 is 15.2 Å². The Balaban J connectivity index is 2.11. The van der Waals surface area contributed by atoms with Crippen molar-refractivity contribution in [3.8, 4) is 16.2 Å². The first kappa shape index (κ1) is 20.4. The summed E-state index contributed by atoms with van der Waals surface area (Å²) in [5.74, 6) is -0.360. The molecule has 2 rings (SSSR count). The quantitative estimate of drug-likeness (QED) is 0.289. The topological polar surface area (TPSA) is 83.0 Å². The summed E-state index contributed by atoms with van der Waals surface area (Å²) in [6.45, 7) is 1.65. The second-order valence-electron chi connectivity index (χ2n) is 5.02. The minimum Gasteiger partial charge on any atom is -0.506 e. The van der Waals surface area contributed by atoms with Crippen LogP contribution in [0.5, 0.6) is 5.75 Å². The number of nitrogens with one attached hydrogen (secondary N) is 2. The molecule has 10 heteroatoms. The van der Waals surface area contributed by atoms with Gasteiger partial charge in [-0.05, 0) is 36.8 Å². The summed E-state index contributed by atoms with van der Waals surface area (Å²) in [5.41, 5.74) is 4.44. The van der Waals surface area contributed by atoms with Gasteiger partial charge in [-0.1, -0.05) is 29.3 Å². The zero-order valence-corrected chi connectivity index (χ0v) is 16.9. The molecule has 0 bridgehead atoms. The van der Waals surface area contributed by atoms with Gasteiger partial charge in [-0.25, -0.2) is 0 Å². The highest BCUT2D eigenvalue weighted by atomic mass is 35.5. The standard InChI is InChI=1S/C16H15Cl2N3O3S2/c1-8(20-21-16(25)19-6-13(22)24-2)10-7-26-15(14(10)23)9-3-4-11(17)12(18)5-9/h3-5,7,23H,6H2,1-2H3,(H2,19,21,25)/b20-8+. The molecule has 0 saturated heterocycles. The van der Waals surface area contributed by atoms with E-state index >= 15 is 0 Å². The third kappa shape index (κ3) is 5.07. The SMILES string of the molecule is COC(=O)CNC(=S)N/N=C(\C)c1csc(-c2ccc(Cl)c(Cl)c2)c1O. The molecule has 1 aromatic heterocycles. The molecule has 1 aromatic carbocycles. The minimum atomic E-state index is -0.448. The normalized spacial score (nSPS) is 11.2. The number of rotatable bonds is 5. The number of halogens is 2. The maximum Gasteiger partial charge on any atom is 0.325 e. The predicted molar refractivity (Wildman–Crippen MR) is 109 cm³/mol. The van der Waals surface area contributed by atoms with Crippen LogP contribution in [0.2, 0.25) is 10.0 Å². The van der Waals surface area contributed by atoms with E-state index in [1.54, 1.807) is 30.5 Å². The summed E-state index contributed by atoms with van der Waals surface area (Å²) in [6, 6.07) is 5.14. The molecule has 0 aliphatic rings. The van der Waals surface area contributed by atoms with E-state index in [-0.39, 0.29) is 17.4 Å². The molecule has 0 fully saturated rings. The lowest BCUT2D eigenvalue weighted by Crippen LogP contribution is -2.36.